The molecule has 0 spiro atoms. The Morgan fingerprint density at radius 3 is 2.53 bits per heavy atom. The van der Waals surface area contributed by atoms with Crippen molar-refractivity contribution in [1.29, 1.82) is 0 Å². The van der Waals surface area contributed by atoms with E-state index in [4.69, 9.17) is 9.26 Å². The normalized spacial score (nSPS) is 16.6. The standard InChI is InChI=1S/C24H22N4O2/c1-2-4-20(5-3-1)24-26-23(27-30-24)19-6-8-21(9-7-19)29-22-12-15-28(17-22)16-18-10-13-25-14-11-18/h1-11,13-14,22H,12,15-17H2. The molecule has 1 aliphatic heterocycles. The second-order valence-corrected chi connectivity index (χ2v) is 7.43. The van der Waals surface area contributed by atoms with Gasteiger partial charge in [-0.25, -0.2) is 0 Å². The highest BCUT2D eigenvalue weighted by atomic mass is 16.5. The van der Waals surface area contributed by atoms with Crippen molar-refractivity contribution in [2.75, 3.05) is 13.1 Å². The van der Waals surface area contributed by atoms with Gasteiger partial charge in [0.2, 0.25) is 5.82 Å². The summed E-state index contributed by atoms with van der Waals surface area (Å²) in [5.41, 5.74) is 3.10. The number of pyridine rings is 1. The highest BCUT2D eigenvalue weighted by molar-refractivity contribution is 5.60. The fourth-order valence-electron chi connectivity index (χ4n) is 3.70. The van der Waals surface area contributed by atoms with Gasteiger partial charge in [-0.1, -0.05) is 23.4 Å². The summed E-state index contributed by atoms with van der Waals surface area (Å²) in [7, 11) is 0. The van der Waals surface area contributed by atoms with Crippen LogP contribution in [0.25, 0.3) is 22.8 Å². The van der Waals surface area contributed by atoms with Crippen LogP contribution in [0.1, 0.15) is 12.0 Å². The van der Waals surface area contributed by atoms with E-state index in [-0.39, 0.29) is 6.10 Å². The van der Waals surface area contributed by atoms with E-state index in [0.717, 1.165) is 42.9 Å². The van der Waals surface area contributed by atoms with Crippen LogP contribution in [-0.2, 0) is 6.54 Å². The zero-order valence-corrected chi connectivity index (χ0v) is 16.5. The molecule has 6 heteroatoms. The zero-order chi connectivity index (χ0) is 20.2. The minimum atomic E-state index is 0.201. The van der Waals surface area contributed by atoms with Crippen LogP contribution in [0.5, 0.6) is 5.75 Å². The molecule has 4 aromatic rings. The van der Waals surface area contributed by atoms with E-state index in [0.29, 0.717) is 11.7 Å². The van der Waals surface area contributed by atoms with E-state index in [2.05, 4.69) is 32.2 Å². The van der Waals surface area contributed by atoms with Crippen molar-refractivity contribution >= 4 is 0 Å². The Bertz CT molecular complexity index is 1080. The molecule has 3 heterocycles. The number of rotatable bonds is 6. The Balaban J connectivity index is 1.19. The number of nitrogens with zero attached hydrogens (tertiary/aromatic N) is 4. The largest absolute Gasteiger partial charge is 0.489 e. The zero-order valence-electron chi connectivity index (χ0n) is 16.5. The second kappa shape index (κ2) is 8.47. The van der Waals surface area contributed by atoms with Gasteiger partial charge >= 0.3 is 0 Å². The fourth-order valence-corrected chi connectivity index (χ4v) is 3.70. The summed E-state index contributed by atoms with van der Waals surface area (Å²) in [5, 5.41) is 4.11. The third-order valence-electron chi connectivity index (χ3n) is 5.25. The molecule has 0 N–H and O–H groups in total. The summed E-state index contributed by atoms with van der Waals surface area (Å²) in [6, 6.07) is 21.8. The molecule has 150 valence electrons. The molecule has 1 saturated heterocycles. The number of hydrogen-bond donors (Lipinski definition) is 0. The van der Waals surface area contributed by atoms with Crippen molar-refractivity contribution in [3.05, 3.63) is 84.7 Å². The third-order valence-corrected chi connectivity index (χ3v) is 5.25. The lowest BCUT2D eigenvalue weighted by Gasteiger charge is -2.17. The summed E-state index contributed by atoms with van der Waals surface area (Å²) >= 11 is 0. The summed E-state index contributed by atoms with van der Waals surface area (Å²) in [6.45, 7) is 2.90. The van der Waals surface area contributed by atoms with Crippen LogP contribution in [0.3, 0.4) is 0 Å². The van der Waals surface area contributed by atoms with E-state index in [1.54, 1.807) is 0 Å². The third kappa shape index (κ3) is 4.23. The van der Waals surface area contributed by atoms with Crippen molar-refractivity contribution < 1.29 is 9.26 Å². The lowest BCUT2D eigenvalue weighted by molar-refractivity contribution is 0.198. The number of aromatic nitrogens is 3. The van der Waals surface area contributed by atoms with Crippen LogP contribution in [0.2, 0.25) is 0 Å². The molecule has 0 bridgehead atoms. The van der Waals surface area contributed by atoms with Crippen LogP contribution in [0.15, 0.2) is 83.6 Å². The number of likely N-dealkylation sites (tertiary alicyclic amines) is 1. The monoisotopic (exact) mass is 398 g/mol. The maximum atomic E-state index is 6.19. The van der Waals surface area contributed by atoms with Crippen molar-refractivity contribution in [3.8, 4) is 28.6 Å². The predicted molar refractivity (Wildman–Crippen MR) is 114 cm³/mol. The Labute approximate surface area is 175 Å². The first-order valence-corrected chi connectivity index (χ1v) is 10.1. The van der Waals surface area contributed by atoms with Gasteiger partial charge in [0.05, 0.1) is 0 Å². The molecular formula is C24H22N4O2. The minimum absolute atomic E-state index is 0.201. The SMILES string of the molecule is c1ccc(-c2nc(-c3ccc(OC4CCN(Cc5ccncc5)C4)cc3)no2)cc1. The summed E-state index contributed by atoms with van der Waals surface area (Å²) in [6.07, 6.45) is 4.91. The quantitative estimate of drug-likeness (QED) is 0.478. The second-order valence-electron chi connectivity index (χ2n) is 7.43. The van der Waals surface area contributed by atoms with Gasteiger partial charge in [0.15, 0.2) is 0 Å². The van der Waals surface area contributed by atoms with E-state index in [1.165, 1.54) is 5.56 Å². The molecule has 0 radical (unpaired) electrons. The van der Waals surface area contributed by atoms with Gasteiger partial charge in [-0.15, -0.1) is 0 Å². The molecule has 2 aromatic heterocycles. The predicted octanol–water partition coefficient (Wildman–Crippen LogP) is 4.45. The first-order valence-electron chi connectivity index (χ1n) is 10.1. The molecule has 1 fully saturated rings. The van der Waals surface area contributed by atoms with Crippen molar-refractivity contribution in [1.82, 2.24) is 20.0 Å². The van der Waals surface area contributed by atoms with Crippen LogP contribution in [0.4, 0.5) is 0 Å². The fraction of sp³-hybridized carbons (Fsp3) is 0.208. The molecular weight excluding hydrogens is 376 g/mol. The van der Waals surface area contributed by atoms with Gasteiger partial charge in [0.25, 0.3) is 5.89 Å². The van der Waals surface area contributed by atoms with Crippen molar-refractivity contribution in [2.24, 2.45) is 0 Å². The highest BCUT2D eigenvalue weighted by Gasteiger charge is 2.24. The Morgan fingerprint density at radius 1 is 0.933 bits per heavy atom. The maximum absolute atomic E-state index is 6.19. The lowest BCUT2D eigenvalue weighted by Crippen LogP contribution is -2.24. The topological polar surface area (TPSA) is 64.3 Å². The van der Waals surface area contributed by atoms with Crippen LogP contribution in [0, 0.1) is 0 Å². The number of benzene rings is 2. The molecule has 30 heavy (non-hydrogen) atoms. The first kappa shape index (κ1) is 18.5. The highest BCUT2D eigenvalue weighted by Crippen LogP contribution is 2.25. The number of hydrogen-bond acceptors (Lipinski definition) is 6. The average Bonchev–Trinajstić information content (AvgIpc) is 3.46. The summed E-state index contributed by atoms with van der Waals surface area (Å²) in [4.78, 5) is 11.0. The first-order chi connectivity index (χ1) is 14.8. The van der Waals surface area contributed by atoms with Gasteiger partial charge in [0, 0.05) is 43.2 Å². The Kier molecular flexibility index (Phi) is 5.23. The van der Waals surface area contributed by atoms with Gasteiger partial charge < -0.3 is 9.26 Å². The van der Waals surface area contributed by atoms with Gasteiger partial charge in [-0.3, -0.25) is 9.88 Å². The van der Waals surface area contributed by atoms with Crippen LogP contribution >= 0.6 is 0 Å². The van der Waals surface area contributed by atoms with Gasteiger partial charge in [0.1, 0.15) is 11.9 Å². The smallest absolute Gasteiger partial charge is 0.258 e. The molecule has 0 amide bonds. The molecule has 1 unspecified atom stereocenters. The molecule has 5 rings (SSSR count). The van der Waals surface area contributed by atoms with E-state index >= 15 is 0 Å². The van der Waals surface area contributed by atoms with Crippen LogP contribution < -0.4 is 4.74 Å². The molecule has 1 aliphatic rings. The summed E-state index contributed by atoms with van der Waals surface area (Å²) in [5.74, 6) is 1.96. The maximum Gasteiger partial charge on any atom is 0.258 e. The Morgan fingerprint density at radius 2 is 1.73 bits per heavy atom. The van der Waals surface area contributed by atoms with Crippen LogP contribution in [-0.4, -0.2) is 39.2 Å². The molecule has 1 atom stereocenters. The van der Waals surface area contributed by atoms with E-state index in [1.807, 2.05) is 67.0 Å². The summed E-state index contributed by atoms with van der Waals surface area (Å²) < 4.78 is 11.6. The molecule has 6 nitrogen and oxygen atoms in total. The average molecular weight is 398 g/mol. The molecule has 0 saturated carbocycles. The lowest BCUT2D eigenvalue weighted by atomic mass is 10.2. The minimum Gasteiger partial charge on any atom is -0.489 e. The Hall–Kier alpha value is -3.51. The van der Waals surface area contributed by atoms with Gasteiger partial charge in [-0.2, -0.15) is 4.98 Å². The number of ether oxygens (including phenoxy) is 1. The molecule has 0 aliphatic carbocycles. The van der Waals surface area contributed by atoms with Gasteiger partial charge in [-0.05, 0) is 60.5 Å². The van der Waals surface area contributed by atoms with E-state index in [9.17, 15) is 0 Å². The van der Waals surface area contributed by atoms with Crippen molar-refractivity contribution in [2.45, 2.75) is 19.1 Å². The van der Waals surface area contributed by atoms with Crippen molar-refractivity contribution in [3.63, 3.8) is 0 Å². The van der Waals surface area contributed by atoms with E-state index < -0.39 is 0 Å². The molecule has 2 aromatic carbocycles.